The van der Waals surface area contributed by atoms with Crippen LogP contribution in [0.25, 0.3) is 0 Å². The fraction of sp³-hybridized carbons (Fsp3) is 0.174. The van der Waals surface area contributed by atoms with E-state index in [4.69, 9.17) is 44.3 Å². The van der Waals surface area contributed by atoms with Gasteiger partial charge in [-0.15, -0.1) is 0 Å². The van der Waals surface area contributed by atoms with E-state index in [1.165, 1.54) is 0 Å². The van der Waals surface area contributed by atoms with Crippen LogP contribution in [0.5, 0.6) is 11.5 Å². The van der Waals surface area contributed by atoms with Crippen molar-refractivity contribution >= 4 is 52.1 Å². The molecule has 3 aromatic carbocycles. The maximum Gasteiger partial charge on any atom is 0.262 e. The Bertz CT molecular complexity index is 1090. The number of halogens is 3. The number of rotatable bonds is 8. The molecule has 0 radical (unpaired) electrons. The Balaban J connectivity index is 1.58. The molecule has 0 saturated carbocycles. The van der Waals surface area contributed by atoms with Crippen LogP contribution in [-0.2, 0) is 11.3 Å². The lowest BCUT2D eigenvalue weighted by molar-refractivity contribution is -0.118. The second-order valence-corrected chi connectivity index (χ2v) is 7.99. The quantitative estimate of drug-likeness (QED) is 0.382. The summed E-state index contributed by atoms with van der Waals surface area (Å²) in [5.74, 6) is 0.699. The van der Waals surface area contributed by atoms with Crippen LogP contribution in [0.1, 0.15) is 11.1 Å². The van der Waals surface area contributed by atoms with E-state index in [1.807, 2.05) is 31.2 Å². The summed E-state index contributed by atoms with van der Waals surface area (Å²) in [5.41, 5.74) is 3.37. The van der Waals surface area contributed by atoms with Gasteiger partial charge in [0.1, 0.15) is 0 Å². The first-order valence-corrected chi connectivity index (χ1v) is 10.5. The third kappa shape index (κ3) is 6.44. The zero-order valence-corrected chi connectivity index (χ0v) is 19.2. The van der Waals surface area contributed by atoms with E-state index < -0.39 is 0 Å². The average Bonchev–Trinajstić information content (AvgIpc) is 2.76. The number of carbonyl (C=O) groups is 1. The molecule has 0 aliphatic rings. The third-order valence-corrected chi connectivity index (χ3v) is 5.60. The van der Waals surface area contributed by atoms with Crippen LogP contribution >= 0.6 is 34.8 Å². The minimum absolute atomic E-state index is 0.164. The maximum atomic E-state index is 12.2. The number of methoxy groups -OCH3 is 1. The van der Waals surface area contributed by atoms with Crippen molar-refractivity contribution in [2.75, 3.05) is 24.4 Å². The van der Waals surface area contributed by atoms with Crippen molar-refractivity contribution < 1.29 is 14.3 Å². The summed E-state index contributed by atoms with van der Waals surface area (Å²) >= 11 is 18.1. The van der Waals surface area contributed by atoms with E-state index in [9.17, 15) is 4.79 Å². The number of anilines is 2. The molecule has 0 fully saturated rings. The predicted octanol–water partition coefficient (Wildman–Crippen LogP) is 6.59. The minimum Gasteiger partial charge on any atom is -0.493 e. The molecule has 0 bridgehead atoms. The van der Waals surface area contributed by atoms with Crippen LogP contribution in [0.4, 0.5) is 11.4 Å². The molecule has 0 heterocycles. The summed E-state index contributed by atoms with van der Waals surface area (Å²) in [6, 6.07) is 16.2. The smallest absolute Gasteiger partial charge is 0.262 e. The molecule has 31 heavy (non-hydrogen) atoms. The van der Waals surface area contributed by atoms with E-state index >= 15 is 0 Å². The fourth-order valence-electron chi connectivity index (χ4n) is 2.76. The van der Waals surface area contributed by atoms with Gasteiger partial charge in [-0.05, 0) is 60.5 Å². The number of benzene rings is 3. The molecule has 0 unspecified atom stereocenters. The zero-order valence-electron chi connectivity index (χ0n) is 17.0. The number of carbonyl (C=O) groups excluding carboxylic acids is 1. The van der Waals surface area contributed by atoms with Gasteiger partial charge in [0.2, 0.25) is 0 Å². The summed E-state index contributed by atoms with van der Waals surface area (Å²) in [6.07, 6.45) is 0. The van der Waals surface area contributed by atoms with Crippen molar-refractivity contribution in [3.05, 3.63) is 80.8 Å². The van der Waals surface area contributed by atoms with Crippen LogP contribution in [0, 0.1) is 6.92 Å². The number of ether oxygens (including phenoxy) is 2. The summed E-state index contributed by atoms with van der Waals surface area (Å²) in [5, 5.41) is 7.61. The molecule has 1 amide bonds. The molecule has 0 aliphatic carbocycles. The molecule has 3 aromatic rings. The number of amides is 1. The van der Waals surface area contributed by atoms with Crippen molar-refractivity contribution in [2.24, 2.45) is 0 Å². The van der Waals surface area contributed by atoms with Gasteiger partial charge in [-0.25, -0.2) is 0 Å². The van der Waals surface area contributed by atoms with Crippen LogP contribution in [0.15, 0.2) is 54.6 Å². The summed E-state index contributed by atoms with van der Waals surface area (Å²) in [7, 11) is 1.55. The molecule has 162 valence electrons. The third-order valence-electron chi connectivity index (χ3n) is 4.46. The molecule has 2 N–H and O–H groups in total. The Morgan fingerprint density at radius 1 is 0.871 bits per heavy atom. The first-order chi connectivity index (χ1) is 14.9. The molecule has 0 aliphatic heterocycles. The largest absolute Gasteiger partial charge is 0.493 e. The first kappa shape index (κ1) is 23.1. The van der Waals surface area contributed by atoms with Gasteiger partial charge >= 0.3 is 0 Å². The molecular formula is C23H21Cl3N2O3. The monoisotopic (exact) mass is 478 g/mol. The van der Waals surface area contributed by atoms with Gasteiger partial charge < -0.3 is 20.1 Å². The lowest BCUT2D eigenvalue weighted by Gasteiger charge is -2.13. The van der Waals surface area contributed by atoms with Crippen molar-refractivity contribution in [3.8, 4) is 11.5 Å². The number of nitrogens with one attached hydrogen (secondary N) is 2. The van der Waals surface area contributed by atoms with E-state index in [0.717, 1.165) is 16.8 Å². The highest BCUT2D eigenvalue weighted by Gasteiger charge is 2.10. The maximum absolute atomic E-state index is 12.2. The Kier molecular flexibility index (Phi) is 7.91. The SMILES string of the molecule is COc1cc(CNc2ccc(Cl)c(Cl)c2)ccc1OCC(=O)Nc1ccc(C)c(Cl)c1. The van der Waals surface area contributed by atoms with Crippen molar-refractivity contribution in [1.29, 1.82) is 0 Å². The Morgan fingerprint density at radius 2 is 1.61 bits per heavy atom. The van der Waals surface area contributed by atoms with E-state index in [2.05, 4.69) is 10.6 Å². The molecule has 0 spiro atoms. The van der Waals surface area contributed by atoms with Crippen molar-refractivity contribution in [1.82, 2.24) is 0 Å². The van der Waals surface area contributed by atoms with Crippen molar-refractivity contribution in [2.45, 2.75) is 13.5 Å². The second-order valence-electron chi connectivity index (χ2n) is 6.77. The standard InChI is InChI=1S/C23H21Cl3N2O3/c1-14-3-5-17(11-19(14)25)28-23(29)13-31-21-8-4-15(9-22(21)30-2)12-27-16-6-7-18(24)20(26)10-16/h3-11,27H,12-13H2,1-2H3,(H,28,29). The first-order valence-electron chi connectivity index (χ1n) is 9.40. The van der Waals surface area contributed by atoms with Gasteiger partial charge in [-0.2, -0.15) is 0 Å². The number of hydrogen-bond donors (Lipinski definition) is 2. The molecule has 3 rings (SSSR count). The fourth-order valence-corrected chi connectivity index (χ4v) is 3.24. The normalized spacial score (nSPS) is 10.5. The van der Waals surface area contributed by atoms with Crippen LogP contribution < -0.4 is 20.1 Å². The predicted molar refractivity (Wildman–Crippen MR) is 127 cm³/mol. The second kappa shape index (κ2) is 10.6. The number of hydrogen-bond acceptors (Lipinski definition) is 4. The summed E-state index contributed by atoms with van der Waals surface area (Å²) in [6.45, 7) is 2.28. The Hall–Kier alpha value is -2.60. The summed E-state index contributed by atoms with van der Waals surface area (Å²) < 4.78 is 11.1. The Morgan fingerprint density at radius 3 is 2.32 bits per heavy atom. The Labute approximate surface area is 196 Å². The minimum atomic E-state index is -0.299. The molecule has 0 atom stereocenters. The highest BCUT2D eigenvalue weighted by molar-refractivity contribution is 6.42. The lowest BCUT2D eigenvalue weighted by Crippen LogP contribution is -2.20. The molecule has 0 saturated heterocycles. The van der Waals surface area contributed by atoms with Gasteiger partial charge in [-0.3, -0.25) is 4.79 Å². The topological polar surface area (TPSA) is 59.6 Å². The zero-order chi connectivity index (χ0) is 22.4. The van der Waals surface area contributed by atoms with Crippen molar-refractivity contribution in [3.63, 3.8) is 0 Å². The van der Waals surface area contributed by atoms with Gasteiger partial charge in [-0.1, -0.05) is 46.9 Å². The van der Waals surface area contributed by atoms with Gasteiger partial charge in [0, 0.05) is 22.9 Å². The van der Waals surface area contributed by atoms with E-state index in [-0.39, 0.29) is 12.5 Å². The highest BCUT2D eigenvalue weighted by Crippen LogP contribution is 2.29. The highest BCUT2D eigenvalue weighted by atomic mass is 35.5. The summed E-state index contributed by atoms with van der Waals surface area (Å²) in [4.78, 5) is 12.2. The average molecular weight is 480 g/mol. The van der Waals surface area contributed by atoms with Crippen LogP contribution in [-0.4, -0.2) is 19.6 Å². The number of aryl methyl sites for hydroxylation is 1. The van der Waals surface area contributed by atoms with Crippen LogP contribution in [0.3, 0.4) is 0 Å². The van der Waals surface area contributed by atoms with Crippen LogP contribution in [0.2, 0.25) is 15.1 Å². The van der Waals surface area contributed by atoms with E-state index in [0.29, 0.717) is 38.8 Å². The van der Waals surface area contributed by atoms with Gasteiger partial charge in [0.05, 0.1) is 17.2 Å². The lowest BCUT2D eigenvalue weighted by atomic mass is 10.2. The molecule has 8 heteroatoms. The van der Waals surface area contributed by atoms with Gasteiger partial charge in [0.25, 0.3) is 5.91 Å². The van der Waals surface area contributed by atoms with E-state index in [1.54, 1.807) is 37.4 Å². The molecular weight excluding hydrogens is 459 g/mol. The van der Waals surface area contributed by atoms with Gasteiger partial charge in [0.15, 0.2) is 18.1 Å². The molecule has 5 nitrogen and oxygen atoms in total. The molecule has 0 aromatic heterocycles.